The Morgan fingerprint density at radius 3 is 2.08 bits per heavy atom. The maximum absolute atomic E-state index is 12.5. The van der Waals surface area contributed by atoms with Crippen LogP contribution in [0.15, 0.2) is 53.7 Å². The summed E-state index contributed by atoms with van der Waals surface area (Å²) >= 11 is 1.35. The Bertz CT molecular complexity index is 1160. The fourth-order valence-electron chi connectivity index (χ4n) is 3.65. The molecule has 1 fully saturated rings. The van der Waals surface area contributed by atoms with Crippen LogP contribution < -0.4 is 9.47 Å². The third-order valence-electron chi connectivity index (χ3n) is 5.19. The summed E-state index contributed by atoms with van der Waals surface area (Å²) in [5, 5.41) is 12.4. The monoisotopic (exact) mass is 549 g/mol. The summed E-state index contributed by atoms with van der Waals surface area (Å²) < 4.78 is 33.1. The number of benzene rings is 1. The molecule has 0 N–H and O–H groups in total. The lowest BCUT2D eigenvalue weighted by molar-refractivity contribution is -0.645. The van der Waals surface area contributed by atoms with Gasteiger partial charge in [-0.1, -0.05) is 23.9 Å². The Hall–Kier alpha value is -3.84. The van der Waals surface area contributed by atoms with E-state index in [1.54, 1.807) is 42.5 Å². The summed E-state index contributed by atoms with van der Waals surface area (Å²) in [5.74, 6) is -2.48. The molecule has 204 valence electrons. The number of aromatic nitrogens is 1. The van der Waals surface area contributed by atoms with Crippen LogP contribution in [0.3, 0.4) is 0 Å². The quantitative estimate of drug-likeness (QED) is 0.147. The van der Waals surface area contributed by atoms with Crippen molar-refractivity contribution in [3.63, 3.8) is 0 Å². The van der Waals surface area contributed by atoms with Crippen molar-refractivity contribution in [2.75, 3.05) is 7.11 Å². The highest BCUT2D eigenvalue weighted by Crippen LogP contribution is 2.31. The van der Waals surface area contributed by atoms with Crippen LogP contribution in [0.25, 0.3) is 0 Å². The fraction of sp³-hybridized carbons (Fsp3) is 0.400. The molecule has 0 aliphatic carbocycles. The molecular weight excluding hydrogens is 522 g/mol. The number of rotatable bonds is 9. The summed E-state index contributed by atoms with van der Waals surface area (Å²) in [6, 6.07) is 11.9. The van der Waals surface area contributed by atoms with Gasteiger partial charge in [-0.2, -0.15) is 4.73 Å². The zero-order chi connectivity index (χ0) is 27.8. The highest BCUT2D eigenvalue weighted by atomic mass is 32.2. The normalized spacial score (nSPS) is 22.6. The van der Waals surface area contributed by atoms with E-state index >= 15 is 0 Å². The molecule has 0 bridgehead atoms. The maximum Gasteiger partial charge on any atom is 0.339 e. The van der Waals surface area contributed by atoms with Crippen LogP contribution in [0.1, 0.15) is 26.3 Å². The molecular formula is C25H27NO11S. The van der Waals surface area contributed by atoms with Gasteiger partial charge in [-0.25, -0.2) is 4.79 Å². The lowest BCUT2D eigenvalue weighted by atomic mass is 9.97. The lowest BCUT2D eigenvalue weighted by Crippen LogP contribution is -2.64. The molecule has 0 spiro atoms. The van der Waals surface area contributed by atoms with E-state index in [1.807, 2.05) is 0 Å². The van der Waals surface area contributed by atoms with E-state index < -0.39 is 54.6 Å². The molecule has 0 amide bonds. The number of esters is 4. The number of carbonyl (C=O) groups is 4. The molecule has 1 aromatic carbocycles. The third-order valence-corrected chi connectivity index (χ3v) is 6.27. The number of methoxy groups -OCH3 is 1. The van der Waals surface area contributed by atoms with E-state index in [1.165, 1.54) is 18.0 Å². The standard InChI is InChI=1S/C25H27NO11S/c1-14(27)33-20-21(34-15(2)28)23(35-16(3)29)25(37-22(20)24(30)32-4)36-18-10-8-17(9-11-18)13-38-19-7-5-6-12-26(19)31/h5-12,20-23,25H,13H2,1-4H3/t20-,21?,22+,23+,25-/m1/s1. The first kappa shape index (κ1) is 28.7. The van der Waals surface area contributed by atoms with Gasteiger partial charge in [0, 0.05) is 38.7 Å². The molecule has 2 aromatic rings. The van der Waals surface area contributed by atoms with Crippen molar-refractivity contribution in [1.29, 1.82) is 0 Å². The van der Waals surface area contributed by atoms with Crippen molar-refractivity contribution in [3.8, 4) is 5.75 Å². The van der Waals surface area contributed by atoms with Crippen molar-refractivity contribution in [3.05, 3.63) is 59.4 Å². The number of hydrogen-bond donors (Lipinski definition) is 0. The van der Waals surface area contributed by atoms with E-state index in [-0.39, 0.29) is 5.75 Å². The van der Waals surface area contributed by atoms with Gasteiger partial charge in [0.1, 0.15) is 5.75 Å². The van der Waals surface area contributed by atoms with E-state index in [0.29, 0.717) is 10.8 Å². The summed E-state index contributed by atoms with van der Waals surface area (Å²) in [6.45, 7) is 3.32. The zero-order valence-electron chi connectivity index (χ0n) is 21.1. The summed E-state index contributed by atoms with van der Waals surface area (Å²) in [5.41, 5.74) is 0.882. The minimum Gasteiger partial charge on any atom is -0.618 e. The van der Waals surface area contributed by atoms with Gasteiger partial charge in [-0.3, -0.25) is 14.4 Å². The first-order valence-electron chi connectivity index (χ1n) is 11.4. The maximum atomic E-state index is 12.5. The molecule has 1 aromatic heterocycles. The highest BCUT2D eigenvalue weighted by Gasteiger charge is 2.55. The molecule has 2 heterocycles. The Kier molecular flexibility index (Phi) is 9.91. The molecule has 0 saturated carbocycles. The molecule has 12 nitrogen and oxygen atoms in total. The summed E-state index contributed by atoms with van der Waals surface area (Å²) in [4.78, 5) is 48.1. The molecule has 1 aliphatic rings. The van der Waals surface area contributed by atoms with Crippen molar-refractivity contribution in [2.45, 2.75) is 62.3 Å². The number of nitrogens with zero attached hydrogens (tertiary/aromatic N) is 1. The average molecular weight is 550 g/mol. The topological polar surface area (TPSA) is 151 Å². The van der Waals surface area contributed by atoms with Crippen LogP contribution in [-0.2, 0) is 48.6 Å². The Morgan fingerprint density at radius 1 is 0.895 bits per heavy atom. The highest BCUT2D eigenvalue weighted by molar-refractivity contribution is 7.98. The van der Waals surface area contributed by atoms with Gasteiger partial charge in [-0.15, -0.1) is 0 Å². The van der Waals surface area contributed by atoms with Crippen molar-refractivity contribution in [2.24, 2.45) is 0 Å². The predicted molar refractivity (Wildman–Crippen MR) is 129 cm³/mol. The van der Waals surface area contributed by atoms with E-state index in [0.717, 1.165) is 38.2 Å². The molecule has 38 heavy (non-hydrogen) atoms. The SMILES string of the molecule is COC(=O)[C@H]1O[C@@H](Oc2ccc(CSc3cccc[n+]3[O-])cc2)[C@@H](OC(C)=O)C(OC(C)=O)[C@H]1OC(C)=O. The van der Waals surface area contributed by atoms with Crippen LogP contribution in [0.2, 0.25) is 0 Å². The molecule has 13 heteroatoms. The first-order valence-corrected chi connectivity index (χ1v) is 12.4. The van der Waals surface area contributed by atoms with Crippen LogP contribution in [0, 0.1) is 5.21 Å². The van der Waals surface area contributed by atoms with E-state index in [2.05, 4.69) is 0 Å². The molecule has 1 saturated heterocycles. The van der Waals surface area contributed by atoms with Crippen LogP contribution in [-0.4, -0.2) is 61.7 Å². The zero-order valence-corrected chi connectivity index (χ0v) is 21.9. The predicted octanol–water partition coefficient (Wildman–Crippen LogP) is 1.68. The smallest absolute Gasteiger partial charge is 0.339 e. The molecule has 0 radical (unpaired) electrons. The minimum absolute atomic E-state index is 0.274. The van der Waals surface area contributed by atoms with Crippen molar-refractivity contribution in [1.82, 2.24) is 0 Å². The van der Waals surface area contributed by atoms with Gasteiger partial charge < -0.3 is 33.6 Å². The fourth-order valence-corrected chi connectivity index (χ4v) is 4.52. The Labute approximate surface area is 222 Å². The Balaban J connectivity index is 1.84. The summed E-state index contributed by atoms with van der Waals surface area (Å²) in [7, 11) is 1.10. The van der Waals surface area contributed by atoms with Crippen LogP contribution >= 0.6 is 11.8 Å². The van der Waals surface area contributed by atoms with E-state index in [4.69, 9.17) is 28.4 Å². The molecule has 3 rings (SSSR count). The second-order valence-corrected chi connectivity index (χ2v) is 9.08. The van der Waals surface area contributed by atoms with Gasteiger partial charge in [-0.05, 0) is 23.8 Å². The van der Waals surface area contributed by atoms with Crippen molar-refractivity contribution < 1.29 is 52.3 Å². The van der Waals surface area contributed by atoms with Gasteiger partial charge in [0.25, 0.3) is 5.03 Å². The van der Waals surface area contributed by atoms with Gasteiger partial charge in [0.05, 0.1) is 7.11 Å². The van der Waals surface area contributed by atoms with Gasteiger partial charge in [0.15, 0.2) is 24.5 Å². The molecule has 1 aliphatic heterocycles. The van der Waals surface area contributed by atoms with Crippen molar-refractivity contribution >= 4 is 35.6 Å². The minimum atomic E-state index is -1.55. The number of ether oxygens (including phenoxy) is 6. The average Bonchev–Trinajstić information content (AvgIpc) is 2.86. The van der Waals surface area contributed by atoms with Crippen LogP contribution in [0.5, 0.6) is 5.75 Å². The second-order valence-electron chi connectivity index (χ2n) is 8.09. The molecule has 5 atom stereocenters. The van der Waals surface area contributed by atoms with Gasteiger partial charge in [0.2, 0.25) is 12.4 Å². The number of hydrogen-bond acceptors (Lipinski definition) is 12. The number of thioether (sulfide) groups is 1. The largest absolute Gasteiger partial charge is 0.618 e. The first-order chi connectivity index (χ1) is 18.1. The van der Waals surface area contributed by atoms with Gasteiger partial charge >= 0.3 is 23.9 Å². The van der Waals surface area contributed by atoms with E-state index in [9.17, 15) is 24.4 Å². The number of carbonyl (C=O) groups excluding carboxylic acids is 4. The summed E-state index contributed by atoms with van der Waals surface area (Å²) in [6.07, 6.45) is -5.90. The Morgan fingerprint density at radius 2 is 1.50 bits per heavy atom. The lowest BCUT2D eigenvalue weighted by Gasteiger charge is -2.43. The van der Waals surface area contributed by atoms with Crippen LogP contribution in [0.4, 0.5) is 0 Å². The molecule has 1 unspecified atom stereocenters. The number of pyridine rings is 1. The second kappa shape index (κ2) is 13.1. The third kappa shape index (κ3) is 7.59.